The van der Waals surface area contributed by atoms with Crippen LogP contribution in [0.4, 0.5) is 0 Å². The van der Waals surface area contributed by atoms with E-state index < -0.39 is 0 Å². The maximum Gasteiger partial charge on any atom is 0.235 e. The molecular formula is C13H17BrN2OS. The quantitative estimate of drug-likeness (QED) is 0.864. The van der Waals surface area contributed by atoms with E-state index in [9.17, 15) is 4.79 Å². The lowest BCUT2D eigenvalue weighted by atomic mass is 10.3. The second-order valence-corrected chi connectivity index (χ2v) is 6.50. The molecule has 1 saturated heterocycles. The van der Waals surface area contributed by atoms with Crippen LogP contribution < -0.4 is 5.32 Å². The van der Waals surface area contributed by atoms with Crippen molar-refractivity contribution in [3.63, 3.8) is 0 Å². The molecule has 1 unspecified atom stereocenters. The zero-order valence-electron chi connectivity index (χ0n) is 10.4. The summed E-state index contributed by atoms with van der Waals surface area (Å²) in [6, 6.07) is 8.02. The van der Waals surface area contributed by atoms with Crippen LogP contribution in [0, 0.1) is 0 Å². The molecule has 1 aliphatic heterocycles. The van der Waals surface area contributed by atoms with Crippen LogP contribution in [0.2, 0.25) is 0 Å². The Morgan fingerprint density at radius 2 is 2.06 bits per heavy atom. The summed E-state index contributed by atoms with van der Waals surface area (Å²) in [6.07, 6.45) is 0. The van der Waals surface area contributed by atoms with Gasteiger partial charge in [0.25, 0.3) is 0 Å². The first-order valence-corrected chi connectivity index (χ1v) is 7.76. The average Bonchev–Trinajstić information content (AvgIpc) is 2.41. The molecule has 18 heavy (non-hydrogen) atoms. The zero-order valence-corrected chi connectivity index (χ0v) is 12.8. The summed E-state index contributed by atoms with van der Waals surface area (Å²) in [5.41, 5.74) is 0. The fraction of sp³-hybridized carbons (Fsp3) is 0.462. The van der Waals surface area contributed by atoms with Crippen molar-refractivity contribution < 1.29 is 4.79 Å². The summed E-state index contributed by atoms with van der Waals surface area (Å²) in [4.78, 5) is 15.3. The zero-order chi connectivity index (χ0) is 13.0. The van der Waals surface area contributed by atoms with Crippen LogP contribution in [0.15, 0.2) is 33.6 Å². The van der Waals surface area contributed by atoms with E-state index in [0.717, 1.165) is 35.5 Å². The lowest BCUT2D eigenvalue weighted by Crippen LogP contribution is -2.48. The Kier molecular flexibility index (Phi) is 5.09. The number of hydrogen-bond donors (Lipinski definition) is 1. The minimum atomic E-state index is -0.0400. The molecule has 1 amide bonds. The number of thioether (sulfide) groups is 1. The number of halogens is 1. The number of benzene rings is 1. The minimum Gasteiger partial charge on any atom is -0.339 e. The number of hydrogen-bond acceptors (Lipinski definition) is 3. The number of nitrogens with one attached hydrogen (secondary N) is 1. The molecule has 5 heteroatoms. The van der Waals surface area contributed by atoms with E-state index in [1.807, 2.05) is 36.1 Å². The van der Waals surface area contributed by atoms with Gasteiger partial charge in [0.1, 0.15) is 0 Å². The van der Waals surface area contributed by atoms with Crippen molar-refractivity contribution >= 4 is 33.6 Å². The molecule has 0 bridgehead atoms. The van der Waals surface area contributed by atoms with Crippen molar-refractivity contribution in [3.05, 3.63) is 28.7 Å². The third-order valence-corrected chi connectivity index (χ3v) is 5.04. The Morgan fingerprint density at radius 1 is 1.39 bits per heavy atom. The van der Waals surface area contributed by atoms with Crippen molar-refractivity contribution in [1.29, 1.82) is 0 Å². The standard InChI is InChI=1S/C13H17BrN2OS/c1-10(13(17)16-8-6-15-7-9-16)18-12-5-3-2-4-11(12)14/h2-5,10,15H,6-9H2,1H3. The Morgan fingerprint density at radius 3 is 2.72 bits per heavy atom. The highest BCUT2D eigenvalue weighted by Crippen LogP contribution is 2.31. The average molecular weight is 329 g/mol. The van der Waals surface area contributed by atoms with Gasteiger partial charge in [0.15, 0.2) is 0 Å². The monoisotopic (exact) mass is 328 g/mol. The number of amides is 1. The predicted octanol–water partition coefficient (Wildman–Crippen LogP) is 2.36. The first kappa shape index (κ1) is 13.9. The molecule has 0 saturated carbocycles. The Labute approximate surface area is 120 Å². The van der Waals surface area contributed by atoms with Gasteiger partial charge in [-0.15, -0.1) is 11.8 Å². The van der Waals surface area contributed by atoms with Gasteiger partial charge in [0.2, 0.25) is 5.91 Å². The number of nitrogens with zero attached hydrogens (tertiary/aromatic N) is 1. The maximum atomic E-state index is 12.3. The van der Waals surface area contributed by atoms with E-state index in [1.165, 1.54) is 0 Å². The molecule has 98 valence electrons. The van der Waals surface area contributed by atoms with E-state index in [4.69, 9.17) is 0 Å². The van der Waals surface area contributed by atoms with Gasteiger partial charge in [-0.3, -0.25) is 4.79 Å². The summed E-state index contributed by atoms with van der Waals surface area (Å²) in [5, 5.41) is 3.22. The minimum absolute atomic E-state index is 0.0400. The topological polar surface area (TPSA) is 32.3 Å². The summed E-state index contributed by atoms with van der Waals surface area (Å²) in [7, 11) is 0. The van der Waals surface area contributed by atoms with Gasteiger partial charge < -0.3 is 10.2 Å². The van der Waals surface area contributed by atoms with E-state index in [1.54, 1.807) is 11.8 Å². The third kappa shape index (κ3) is 3.49. The third-order valence-electron chi connectivity index (χ3n) is 2.92. The molecule has 0 aromatic heterocycles. The molecular weight excluding hydrogens is 312 g/mol. The van der Waals surface area contributed by atoms with Crippen molar-refractivity contribution in [2.75, 3.05) is 26.2 Å². The van der Waals surface area contributed by atoms with Crippen molar-refractivity contribution in [1.82, 2.24) is 10.2 Å². The van der Waals surface area contributed by atoms with Gasteiger partial charge in [-0.05, 0) is 35.0 Å². The molecule has 1 aromatic carbocycles. The summed E-state index contributed by atoms with van der Waals surface area (Å²) < 4.78 is 1.05. The number of rotatable bonds is 3. The van der Waals surface area contributed by atoms with Gasteiger partial charge >= 0.3 is 0 Å². The highest BCUT2D eigenvalue weighted by atomic mass is 79.9. The van der Waals surface area contributed by atoms with Crippen LogP contribution in [-0.2, 0) is 4.79 Å². The first-order chi connectivity index (χ1) is 8.68. The SMILES string of the molecule is CC(Sc1ccccc1Br)C(=O)N1CCNCC1. The molecule has 1 N–H and O–H groups in total. The van der Waals surface area contributed by atoms with Crippen molar-refractivity contribution in [2.24, 2.45) is 0 Å². The molecule has 0 radical (unpaired) electrons. The lowest BCUT2D eigenvalue weighted by Gasteiger charge is -2.29. The predicted molar refractivity (Wildman–Crippen MR) is 78.9 cm³/mol. The fourth-order valence-electron chi connectivity index (χ4n) is 1.92. The summed E-state index contributed by atoms with van der Waals surface area (Å²) in [5.74, 6) is 0.234. The highest BCUT2D eigenvalue weighted by Gasteiger charge is 2.23. The Hall–Kier alpha value is -0.520. The molecule has 1 aromatic rings. The summed E-state index contributed by atoms with van der Waals surface area (Å²) >= 11 is 5.13. The van der Waals surface area contributed by atoms with Crippen molar-refractivity contribution in [2.45, 2.75) is 17.1 Å². The van der Waals surface area contributed by atoms with Crippen LogP contribution in [-0.4, -0.2) is 42.2 Å². The second kappa shape index (κ2) is 6.59. The molecule has 0 spiro atoms. The van der Waals surface area contributed by atoms with Crippen LogP contribution in [0.25, 0.3) is 0 Å². The molecule has 2 rings (SSSR count). The smallest absolute Gasteiger partial charge is 0.235 e. The van der Waals surface area contributed by atoms with Crippen LogP contribution in [0.5, 0.6) is 0 Å². The fourth-order valence-corrected chi connectivity index (χ4v) is 3.46. The molecule has 3 nitrogen and oxygen atoms in total. The molecule has 1 fully saturated rings. The lowest BCUT2D eigenvalue weighted by molar-refractivity contribution is -0.130. The van der Waals surface area contributed by atoms with Crippen molar-refractivity contribution in [3.8, 4) is 0 Å². The Bertz CT molecular complexity index is 421. The van der Waals surface area contributed by atoms with Crippen LogP contribution >= 0.6 is 27.7 Å². The van der Waals surface area contributed by atoms with Gasteiger partial charge in [0.05, 0.1) is 5.25 Å². The number of carbonyl (C=O) groups excluding carboxylic acids is 1. The Balaban J connectivity index is 1.96. The number of carbonyl (C=O) groups is 1. The largest absolute Gasteiger partial charge is 0.339 e. The van der Waals surface area contributed by atoms with E-state index >= 15 is 0 Å². The molecule has 0 aliphatic carbocycles. The van der Waals surface area contributed by atoms with E-state index in [2.05, 4.69) is 21.2 Å². The highest BCUT2D eigenvalue weighted by molar-refractivity contribution is 9.10. The second-order valence-electron chi connectivity index (χ2n) is 4.27. The first-order valence-electron chi connectivity index (χ1n) is 6.09. The van der Waals surface area contributed by atoms with Crippen LogP contribution in [0.1, 0.15) is 6.92 Å². The van der Waals surface area contributed by atoms with Gasteiger partial charge in [-0.2, -0.15) is 0 Å². The molecule has 1 aliphatic rings. The normalized spacial score (nSPS) is 17.6. The molecule has 1 atom stereocenters. The van der Waals surface area contributed by atoms with Crippen LogP contribution in [0.3, 0.4) is 0 Å². The summed E-state index contributed by atoms with van der Waals surface area (Å²) in [6.45, 7) is 5.42. The van der Waals surface area contributed by atoms with E-state index in [0.29, 0.717) is 0 Å². The van der Waals surface area contributed by atoms with Gasteiger partial charge in [0, 0.05) is 35.5 Å². The van der Waals surface area contributed by atoms with Gasteiger partial charge in [-0.25, -0.2) is 0 Å². The number of piperazine rings is 1. The van der Waals surface area contributed by atoms with Gasteiger partial charge in [-0.1, -0.05) is 12.1 Å². The maximum absolute atomic E-state index is 12.3. The van der Waals surface area contributed by atoms with E-state index in [-0.39, 0.29) is 11.2 Å². The molecule has 1 heterocycles.